The number of nitrogens with zero attached hydrogens (tertiary/aromatic N) is 2. The van der Waals surface area contributed by atoms with Crippen molar-refractivity contribution < 1.29 is 9.94 Å². The Morgan fingerprint density at radius 2 is 2.20 bits per heavy atom. The number of hydrogen-bond acceptors (Lipinski definition) is 4. The van der Waals surface area contributed by atoms with E-state index in [1.54, 1.807) is 7.11 Å². The third kappa shape index (κ3) is 5.59. The lowest BCUT2D eigenvalue weighted by molar-refractivity contribution is 0.123. The Kier molecular flexibility index (Phi) is 8.04. The molecule has 0 rings (SSSR count). The highest BCUT2D eigenvalue weighted by Crippen LogP contribution is 2.08. The summed E-state index contributed by atoms with van der Waals surface area (Å²) in [7, 11) is 1.69. The minimum Gasteiger partial charge on any atom is -0.409 e. The fourth-order valence-electron chi connectivity index (χ4n) is 1.62. The molecule has 5 heteroatoms. The number of oxime groups is 1. The Morgan fingerprint density at radius 1 is 1.53 bits per heavy atom. The zero-order valence-electron chi connectivity index (χ0n) is 9.94. The van der Waals surface area contributed by atoms with E-state index in [2.05, 4.69) is 23.9 Å². The maximum atomic E-state index is 8.53. The summed E-state index contributed by atoms with van der Waals surface area (Å²) < 4.78 is 5.05. The molecule has 0 amide bonds. The van der Waals surface area contributed by atoms with Gasteiger partial charge in [-0.25, -0.2) is 0 Å². The van der Waals surface area contributed by atoms with Crippen molar-refractivity contribution in [2.24, 2.45) is 10.9 Å². The van der Waals surface area contributed by atoms with Crippen LogP contribution >= 0.6 is 0 Å². The zero-order valence-corrected chi connectivity index (χ0v) is 9.94. The molecule has 0 aromatic rings. The van der Waals surface area contributed by atoms with E-state index in [-0.39, 0.29) is 5.84 Å². The first-order chi connectivity index (χ1) is 7.19. The summed E-state index contributed by atoms with van der Waals surface area (Å²) >= 11 is 0. The van der Waals surface area contributed by atoms with Gasteiger partial charge in [-0.2, -0.15) is 0 Å². The summed E-state index contributed by atoms with van der Waals surface area (Å²) in [5, 5.41) is 11.5. The maximum absolute atomic E-state index is 8.53. The van der Waals surface area contributed by atoms with Gasteiger partial charge in [-0.3, -0.25) is 4.90 Å². The molecule has 3 N–H and O–H groups in total. The second-order valence-electron chi connectivity index (χ2n) is 3.48. The summed E-state index contributed by atoms with van der Waals surface area (Å²) in [5.74, 6) is 0.290. The first-order valence-corrected chi connectivity index (χ1v) is 5.38. The van der Waals surface area contributed by atoms with Crippen molar-refractivity contribution in [3.05, 3.63) is 0 Å². The summed E-state index contributed by atoms with van der Waals surface area (Å²) in [6.45, 7) is 6.74. The van der Waals surface area contributed by atoms with E-state index in [1.165, 1.54) is 0 Å². The molecule has 0 aliphatic heterocycles. The smallest absolute Gasteiger partial charge is 0.140 e. The van der Waals surface area contributed by atoms with Crippen LogP contribution in [0.4, 0.5) is 0 Å². The van der Waals surface area contributed by atoms with E-state index >= 15 is 0 Å². The number of ether oxygens (including phenoxy) is 1. The van der Waals surface area contributed by atoms with Gasteiger partial charge in [-0.15, -0.1) is 0 Å². The van der Waals surface area contributed by atoms with Crippen LogP contribution in [-0.2, 0) is 4.74 Å². The number of rotatable bonds is 8. The third-order valence-corrected chi connectivity index (χ3v) is 2.55. The predicted molar refractivity (Wildman–Crippen MR) is 61.2 cm³/mol. The largest absolute Gasteiger partial charge is 0.409 e. The Labute approximate surface area is 91.9 Å². The molecule has 0 saturated heterocycles. The Balaban J connectivity index is 4.20. The number of hydrogen-bond donors (Lipinski definition) is 2. The van der Waals surface area contributed by atoms with Gasteiger partial charge in [0.25, 0.3) is 0 Å². The Morgan fingerprint density at radius 3 is 2.60 bits per heavy atom. The average molecular weight is 217 g/mol. The van der Waals surface area contributed by atoms with Gasteiger partial charge >= 0.3 is 0 Å². The second-order valence-corrected chi connectivity index (χ2v) is 3.48. The molecule has 0 bridgehead atoms. The van der Waals surface area contributed by atoms with Gasteiger partial charge in [-0.05, 0) is 13.0 Å². The molecule has 0 aromatic heterocycles. The lowest BCUT2D eigenvalue weighted by Crippen LogP contribution is -2.39. The third-order valence-electron chi connectivity index (χ3n) is 2.55. The Hall–Kier alpha value is -0.810. The van der Waals surface area contributed by atoms with Crippen molar-refractivity contribution in [3.8, 4) is 0 Å². The maximum Gasteiger partial charge on any atom is 0.140 e. The highest BCUT2D eigenvalue weighted by Gasteiger charge is 2.16. The van der Waals surface area contributed by atoms with Crippen LogP contribution in [0.1, 0.15) is 26.7 Å². The standard InChI is InChI=1S/C10H23N3O2/c1-4-9(8-10(11)12-14)13(5-2)6-7-15-3/h9,14H,4-8H2,1-3H3,(H2,11,12). The monoisotopic (exact) mass is 217 g/mol. The molecule has 0 heterocycles. The van der Waals surface area contributed by atoms with Gasteiger partial charge in [0, 0.05) is 26.1 Å². The molecule has 0 spiro atoms. The average Bonchev–Trinajstić information content (AvgIpc) is 2.27. The molecule has 0 saturated carbocycles. The van der Waals surface area contributed by atoms with Gasteiger partial charge in [0.05, 0.1) is 6.61 Å². The summed E-state index contributed by atoms with van der Waals surface area (Å²) in [5.41, 5.74) is 5.51. The van der Waals surface area contributed by atoms with E-state index in [1.807, 2.05) is 0 Å². The highest BCUT2D eigenvalue weighted by atomic mass is 16.5. The first kappa shape index (κ1) is 14.2. The van der Waals surface area contributed by atoms with Crippen LogP contribution in [-0.4, -0.2) is 48.8 Å². The normalized spacial score (nSPS) is 14.5. The minimum absolute atomic E-state index is 0.290. The minimum atomic E-state index is 0.290. The van der Waals surface area contributed by atoms with Gasteiger partial charge in [0.15, 0.2) is 0 Å². The van der Waals surface area contributed by atoms with E-state index in [0.717, 1.165) is 19.5 Å². The van der Waals surface area contributed by atoms with Crippen molar-refractivity contribution >= 4 is 5.84 Å². The Bertz CT molecular complexity index is 186. The molecule has 1 atom stereocenters. The molecule has 1 unspecified atom stereocenters. The molecular weight excluding hydrogens is 194 g/mol. The lowest BCUT2D eigenvalue weighted by atomic mass is 10.1. The number of amidine groups is 1. The summed E-state index contributed by atoms with van der Waals surface area (Å²) in [4.78, 5) is 2.28. The van der Waals surface area contributed by atoms with Crippen LogP contribution in [0.25, 0.3) is 0 Å². The molecule has 0 aromatic carbocycles. The van der Waals surface area contributed by atoms with E-state index < -0.39 is 0 Å². The van der Waals surface area contributed by atoms with Crippen LogP contribution in [0.3, 0.4) is 0 Å². The number of methoxy groups -OCH3 is 1. The molecular formula is C10H23N3O2. The molecule has 0 radical (unpaired) electrons. The fraction of sp³-hybridized carbons (Fsp3) is 0.900. The molecule has 0 aliphatic rings. The lowest BCUT2D eigenvalue weighted by Gasteiger charge is -2.29. The summed E-state index contributed by atoms with van der Waals surface area (Å²) in [6.07, 6.45) is 1.58. The number of nitrogens with two attached hydrogens (primary N) is 1. The van der Waals surface area contributed by atoms with Crippen molar-refractivity contribution in [1.29, 1.82) is 0 Å². The zero-order chi connectivity index (χ0) is 11.7. The molecule has 0 aliphatic carbocycles. The number of likely N-dealkylation sites (N-methyl/N-ethyl adjacent to an activating group) is 1. The van der Waals surface area contributed by atoms with Crippen molar-refractivity contribution in [3.63, 3.8) is 0 Å². The topological polar surface area (TPSA) is 71.1 Å². The van der Waals surface area contributed by atoms with Crippen molar-refractivity contribution in [2.75, 3.05) is 26.8 Å². The van der Waals surface area contributed by atoms with Crippen LogP contribution < -0.4 is 5.73 Å². The van der Waals surface area contributed by atoms with Gasteiger partial charge in [-0.1, -0.05) is 19.0 Å². The van der Waals surface area contributed by atoms with Gasteiger partial charge < -0.3 is 15.7 Å². The van der Waals surface area contributed by atoms with Crippen molar-refractivity contribution in [1.82, 2.24) is 4.90 Å². The first-order valence-electron chi connectivity index (χ1n) is 5.38. The predicted octanol–water partition coefficient (Wildman–Crippen LogP) is 0.870. The fourth-order valence-corrected chi connectivity index (χ4v) is 1.62. The quantitative estimate of drug-likeness (QED) is 0.274. The van der Waals surface area contributed by atoms with Crippen LogP contribution in [0.15, 0.2) is 5.16 Å². The molecule has 90 valence electrons. The van der Waals surface area contributed by atoms with Gasteiger partial charge in [0.1, 0.15) is 5.84 Å². The molecule has 15 heavy (non-hydrogen) atoms. The summed E-state index contributed by atoms with van der Waals surface area (Å²) in [6, 6.07) is 0.320. The molecule has 5 nitrogen and oxygen atoms in total. The van der Waals surface area contributed by atoms with Gasteiger partial charge in [0.2, 0.25) is 0 Å². The van der Waals surface area contributed by atoms with E-state index in [9.17, 15) is 0 Å². The van der Waals surface area contributed by atoms with Crippen LogP contribution in [0.2, 0.25) is 0 Å². The van der Waals surface area contributed by atoms with Crippen LogP contribution in [0, 0.1) is 0 Å². The van der Waals surface area contributed by atoms with Crippen LogP contribution in [0.5, 0.6) is 0 Å². The van der Waals surface area contributed by atoms with Crippen molar-refractivity contribution in [2.45, 2.75) is 32.7 Å². The van der Waals surface area contributed by atoms with E-state index in [4.69, 9.17) is 15.7 Å². The second kappa shape index (κ2) is 8.49. The van der Waals surface area contributed by atoms with E-state index in [0.29, 0.717) is 19.1 Å². The highest BCUT2D eigenvalue weighted by molar-refractivity contribution is 5.80. The molecule has 0 fully saturated rings. The SMILES string of the molecule is CCC(CC(N)=NO)N(CC)CCOC.